The van der Waals surface area contributed by atoms with Gasteiger partial charge in [-0.3, -0.25) is 0 Å². The molecular weight excluding hydrogens is 258 g/mol. The molecule has 0 unspecified atom stereocenters. The van der Waals surface area contributed by atoms with Gasteiger partial charge in [0.25, 0.3) is 0 Å². The second kappa shape index (κ2) is 4.24. The minimum atomic E-state index is -3.94. The highest BCUT2D eigenvalue weighted by Gasteiger charge is 2.17. The molecule has 1 aromatic heterocycles. The van der Waals surface area contributed by atoms with Gasteiger partial charge < -0.3 is 5.11 Å². The highest BCUT2D eigenvalue weighted by molar-refractivity contribution is 7.89. The molecule has 0 fully saturated rings. The molecule has 0 aliphatic rings. The van der Waals surface area contributed by atoms with Crippen LogP contribution in [0.4, 0.5) is 0 Å². The van der Waals surface area contributed by atoms with E-state index >= 15 is 0 Å². The molecule has 0 saturated heterocycles. The van der Waals surface area contributed by atoms with Crippen molar-refractivity contribution in [1.29, 1.82) is 0 Å². The van der Waals surface area contributed by atoms with Crippen LogP contribution in [0, 0.1) is 0 Å². The fourth-order valence-corrected chi connectivity index (χ4v) is 2.01. The SMILES string of the molecule is NS(=O)(=O)c1ccc(-n2cccn2)c(C(=O)O)c1. The number of nitrogens with two attached hydrogens (primary N) is 1. The normalized spacial score (nSPS) is 11.4. The zero-order valence-corrected chi connectivity index (χ0v) is 9.83. The minimum Gasteiger partial charge on any atom is -0.478 e. The molecule has 1 aromatic carbocycles. The summed E-state index contributed by atoms with van der Waals surface area (Å²) in [5.41, 5.74) is 0.0742. The molecule has 0 radical (unpaired) electrons. The van der Waals surface area contributed by atoms with Crippen molar-refractivity contribution >= 4 is 16.0 Å². The molecule has 0 saturated carbocycles. The van der Waals surface area contributed by atoms with Gasteiger partial charge in [0.15, 0.2) is 0 Å². The lowest BCUT2D eigenvalue weighted by atomic mass is 10.2. The van der Waals surface area contributed by atoms with Gasteiger partial charge in [-0.15, -0.1) is 0 Å². The summed E-state index contributed by atoms with van der Waals surface area (Å²) in [6.45, 7) is 0. The van der Waals surface area contributed by atoms with E-state index in [0.717, 1.165) is 6.07 Å². The summed E-state index contributed by atoms with van der Waals surface area (Å²) >= 11 is 0. The van der Waals surface area contributed by atoms with Gasteiger partial charge in [0.05, 0.1) is 16.1 Å². The maximum absolute atomic E-state index is 11.2. The van der Waals surface area contributed by atoms with E-state index in [1.54, 1.807) is 12.3 Å². The smallest absolute Gasteiger partial charge is 0.337 e. The lowest BCUT2D eigenvalue weighted by molar-refractivity contribution is 0.0696. The number of rotatable bonds is 3. The van der Waals surface area contributed by atoms with Crippen LogP contribution in [-0.2, 0) is 10.0 Å². The standard InChI is InChI=1S/C10H9N3O4S/c11-18(16,17)7-2-3-9(8(6-7)10(14)15)13-5-1-4-12-13/h1-6H,(H,14,15)(H2,11,16,17). The zero-order valence-electron chi connectivity index (χ0n) is 9.02. The Balaban J connectivity index is 2.67. The Bertz CT molecular complexity index is 692. The first-order chi connectivity index (χ1) is 8.39. The number of hydrogen-bond acceptors (Lipinski definition) is 4. The number of hydrogen-bond donors (Lipinski definition) is 2. The highest BCUT2D eigenvalue weighted by atomic mass is 32.2. The monoisotopic (exact) mass is 267 g/mol. The van der Waals surface area contributed by atoms with Crippen molar-refractivity contribution in [3.8, 4) is 5.69 Å². The molecule has 94 valence electrons. The molecule has 18 heavy (non-hydrogen) atoms. The Labute approximate surface area is 103 Å². The number of benzene rings is 1. The van der Waals surface area contributed by atoms with Crippen LogP contribution in [0.2, 0.25) is 0 Å². The number of aromatic nitrogens is 2. The van der Waals surface area contributed by atoms with E-state index in [0.29, 0.717) is 0 Å². The van der Waals surface area contributed by atoms with E-state index in [9.17, 15) is 13.2 Å². The molecule has 0 aliphatic heterocycles. The molecule has 0 spiro atoms. The van der Waals surface area contributed by atoms with Crippen LogP contribution >= 0.6 is 0 Å². The number of primary sulfonamides is 1. The molecule has 2 aromatic rings. The first kappa shape index (κ1) is 12.3. The van der Waals surface area contributed by atoms with Gasteiger partial charge in [0.2, 0.25) is 10.0 Å². The summed E-state index contributed by atoms with van der Waals surface area (Å²) in [6, 6.07) is 5.21. The molecular formula is C10H9N3O4S. The van der Waals surface area contributed by atoms with Crippen molar-refractivity contribution < 1.29 is 18.3 Å². The lowest BCUT2D eigenvalue weighted by Gasteiger charge is -2.07. The fraction of sp³-hybridized carbons (Fsp3) is 0. The number of carbonyl (C=O) groups is 1. The van der Waals surface area contributed by atoms with Crippen molar-refractivity contribution in [3.05, 3.63) is 42.2 Å². The molecule has 0 atom stereocenters. The van der Waals surface area contributed by atoms with Gasteiger partial charge in [-0.2, -0.15) is 5.10 Å². The van der Waals surface area contributed by atoms with Gasteiger partial charge in [0.1, 0.15) is 0 Å². The van der Waals surface area contributed by atoms with E-state index in [4.69, 9.17) is 10.2 Å². The Hall–Kier alpha value is -2.19. The summed E-state index contributed by atoms with van der Waals surface area (Å²) in [4.78, 5) is 10.9. The van der Waals surface area contributed by atoms with E-state index < -0.39 is 16.0 Å². The molecule has 0 amide bonds. The van der Waals surface area contributed by atoms with Gasteiger partial charge in [-0.1, -0.05) is 0 Å². The predicted octanol–water partition coefficient (Wildman–Crippen LogP) is 0.218. The summed E-state index contributed by atoms with van der Waals surface area (Å²) in [6.07, 6.45) is 3.04. The zero-order chi connectivity index (χ0) is 13.3. The number of carboxylic acid groups (broad SMARTS) is 1. The predicted molar refractivity (Wildman–Crippen MR) is 61.9 cm³/mol. The molecule has 2 rings (SSSR count). The lowest BCUT2D eigenvalue weighted by Crippen LogP contribution is -2.14. The summed E-state index contributed by atoms with van der Waals surface area (Å²) in [5.74, 6) is -1.26. The summed E-state index contributed by atoms with van der Waals surface area (Å²) < 4.78 is 23.7. The first-order valence-corrected chi connectivity index (χ1v) is 6.34. The molecule has 0 bridgehead atoms. The molecule has 1 heterocycles. The van der Waals surface area contributed by atoms with E-state index in [-0.39, 0.29) is 16.1 Å². The second-order valence-electron chi connectivity index (χ2n) is 3.48. The number of nitrogens with zero attached hydrogens (tertiary/aromatic N) is 2. The third-order valence-corrected chi connectivity index (χ3v) is 3.19. The Morgan fingerprint density at radius 1 is 1.39 bits per heavy atom. The molecule has 7 nitrogen and oxygen atoms in total. The molecule has 8 heteroatoms. The average molecular weight is 267 g/mol. The van der Waals surface area contributed by atoms with Gasteiger partial charge in [0, 0.05) is 12.4 Å². The quantitative estimate of drug-likeness (QED) is 0.825. The topological polar surface area (TPSA) is 115 Å². The van der Waals surface area contributed by atoms with Crippen LogP contribution in [0.3, 0.4) is 0 Å². The molecule has 3 N–H and O–H groups in total. The minimum absolute atomic E-state index is 0.190. The van der Waals surface area contributed by atoms with Gasteiger partial charge in [-0.05, 0) is 24.3 Å². The first-order valence-electron chi connectivity index (χ1n) is 4.80. The van der Waals surface area contributed by atoms with Crippen LogP contribution in [0.1, 0.15) is 10.4 Å². The maximum Gasteiger partial charge on any atom is 0.337 e. The third-order valence-electron chi connectivity index (χ3n) is 2.28. The van der Waals surface area contributed by atoms with Crippen LogP contribution < -0.4 is 5.14 Å². The van der Waals surface area contributed by atoms with E-state index in [1.807, 2.05) is 0 Å². The summed E-state index contributed by atoms with van der Waals surface area (Å²) in [5, 5.41) is 17.9. The van der Waals surface area contributed by atoms with Crippen molar-refractivity contribution in [2.45, 2.75) is 4.90 Å². The van der Waals surface area contributed by atoms with Crippen molar-refractivity contribution in [3.63, 3.8) is 0 Å². The van der Waals surface area contributed by atoms with E-state index in [1.165, 1.54) is 23.0 Å². The van der Waals surface area contributed by atoms with Crippen LogP contribution in [0.5, 0.6) is 0 Å². The third kappa shape index (κ3) is 2.24. The van der Waals surface area contributed by atoms with Gasteiger partial charge in [-0.25, -0.2) is 23.0 Å². The van der Waals surface area contributed by atoms with Crippen LogP contribution in [0.25, 0.3) is 5.69 Å². The van der Waals surface area contributed by atoms with E-state index in [2.05, 4.69) is 5.10 Å². The molecule has 0 aliphatic carbocycles. The van der Waals surface area contributed by atoms with Crippen molar-refractivity contribution in [1.82, 2.24) is 9.78 Å². The Morgan fingerprint density at radius 3 is 2.61 bits per heavy atom. The van der Waals surface area contributed by atoms with Gasteiger partial charge >= 0.3 is 5.97 Å². The second-order valence-corrected chi connectivity index (χ2v) is 5.04. The fourth-order valence-electron chi connectivity index (χ4n) is 1.47. The highest BCUT2D eigenvalue weighted by Crippen LogP contribution is 2.18. The Morgan fingerprint density at radius 2 is 2.11 bits per heavy atom. The van der Waals surface area contributed by atoms with Crippen molar-refractivity contribution in [2.75, 3.05) is 0 Å². The van der Waals surface area contributed by atoms with Crippen LogP contribution in [0.15, 0.2) is 41.6 Å². The maximum atomic E-state index is 11.2. The summed E-state index contributed by atoms with van der Waals surface area (Å²) in [7, 11) is -3.94. The number of aromatic carboxylic acids is 1. The number of carboxylic acids is 1. The largest absolute Gasteiger partial charge is 0.478 e. The average Bonchev–Trinajstić information content (AvgIpc) is 2.80. The van der Waals surface area contributed by atoms with Crippen LogP contribution in [-0.4, -0.2) is 29.3 Å². The Kier molecular flexibility index (Phi) is 2.89. The van der Waals surface area contributed by atoms with Crippen molar-refractivity contribution in [2.24, 2.45) is 5.14 Å². The number of sulfonamides is 1.